The zero-order valence-electron chi connectivity index (χ0n) is 24.5. The van der Waals surface area contributed by atoms with Crippen molar-refractivity contribution in [3.8, 4) is 16.9 Å². The summed E-state index contributed by atoms with van der Waals surface area (Å²) in [6, 6.07) is 28.9. The van der Waals surface area contributed by atoms with Gasteiger partial charge >= 0.3 is 0 Å². The Bertz CT molecular complexity index is 1920. The van der Waals surface area contributed by atoms with Gasteiger partial charge in [-0.3, -0.25) is 0 Å². The molecule has 2 heterocycles. The van der Waals surface area contributed by atoms with E-state index in [0.29, 0.717) is 5.75 Å². The Labute approximate surface area is 251 Å². The van der Waals surface area contributed by atoms with E-state index in [9.17, 15) is 8.78 Å². The van der Waals surface area contributed by atoms with Crippen molar-refractivity contribution in [2.75, 3.05) is 18.0 Å². The maximum atomic E-state index is 15.0. The van der Waals surface area contributed by atoms with Crippen molar-refractivity contribution in [2.24, 2.45) is 0 Å². The van der Waals surface area contributed by atoms with Gasteiger partial charge in [-0.1, -0.05) is 74.5 Å². The molecule has 0 radical (unpaired) electrons. The standard InChI is InChI=1S/C39H33F2NO/c1-38(2)34-24-28(41)14-18-31(34)35-30-17-13-27(40)23-33(30)37-32(36(35)38)19-20-39(43-37,25-9-5-3-6-10-25)26-11-15-29(16-12-26)42-21-7-4-8-22-42/h3,5-6,9-20,23-24H,4,7-8,21-22H2,1-2H3. The van der Waals surface area contributed by atoms with Crippen molar-refractivity contribution in [2.45, 2.75) is 44.1 Å². The third-order valence-corrected chi connectivity index (χ3v) is 9.78. The fourth-order valence-electron chi connectivity index (χ4n) is 7.66. The van der Waals surface area contributed by atoms with Gasteiger partial charge in [0.05, 0.1) is 0 Å². The van der Waals surface area contributed by atoms with E-state index in [-0.39, 0.29) is 11.6 Å². The van der Waals surface area contributed by atoms with Crippen molar-refractivity contribution in [3.63, 3.8) is 0 Å². The Morgan fingerprint density at radius 2 is 1.42 bits per heavy atom. The largest absolute Gasteiger partial charge is 0.472 e. The molecule has 1 fully saturated rings. The fourth-order valence-corrected chi connectivity index (χ4v) is 7.66. The molecular formula is C39H33F2NO. The fraction of sp³-hybridized carbons (Fsp3) is 0.231. The van der Waals surface area contributed by atoms with Crippen molar-refractivity contribution in [1.29, 1.82) is 0 Å². The minimum atomic E-state index is -0.913. The average molecular weight is 570 g/mol. The first-order chi connectivity index (χ1) is 20.9. The predicted molar refractivity (Wildman–Crippen MR) is 171 cm³/mol. The van der Waals surface area contributed by atoms with E-state index in [1.807, 2.05) is 30.3 Å². The second kappa shape index (κ2) is 9.54. The van der Waals surface area contributed by atoms with Crippen LogP contribution in [0, 0.1) is 11.6 Å². The molecule has 214 valence electrons. The molecule has 0 aromatic heterocycles. The normalized spacial score (nSPS) is 20.0. The van der Waals surface area contributed by atoms with Crippen LogP contribution < -0.4 is 9.64 Å². The average Bonchev–Trinajstić information content (AvgIpc) is 3.28. The van der Waals surface area contributed by atoms with Crippen LogP contribution >= 0.6 is 0 Å². The number of rotatable bonds is 3. The van der Waals surface area contributed by atoms with Crippen molar-refractivity contribution in [1.82, 2.24) is 0 Å². The molecule has 1 saturated heterocycles. The molecule has 1 aliphatic carbocycles. The summed E-state index contributed by atoms with van der Waals surface area (Å²) in [5, 5.41) is 1.63. The number of piperidine rings is 1. The molecule has 0 bridgehead atoms. The highest BCUT2D eigenvalue weighted by Gasteiger charge is 2.44. The molecule has 8 rings (SSSR count). The van der Waals surface area contributed by atoms with Gasteiger partial charge in [0.25, 0.3) is 0 Å². The monoisotopic (exact) mass is 569 g/mol. The molecule has 3 aliphatic rings. The lowest BCUT2D eigenvalue weighted by molar-refractivity contribution is 0.163. The number of benzene rings is 5. The summed E-state index contributed by atoms with van der Waals surface area (Å²) in [4.78, 5) is 2.46. The molecule has 2 nitrogen and oxygen atoms in total. The molecule has 0 N–H and O–H groups in total. The Hall–Kier alpha value is -4.44. The van der Waals surface area contributed by atoms with Gasteiger partial charge in [-0.15, -0.1) is 0 Å². The topological polar surface area (TPSA) is 12.5 Å². The zero-order chi connectivity index (χ0) is 29.3. The van der Waals surface area contributed by atoms with Gasteiger partial charge in [0, 0.05) is 46.3 Å². The molecule has 5 aromatic carbocycles. The highest BCUT2D eigenvalue weighted by molar-refractivity contribution is 6.08. The first-order valence-corrected chi connectivity index (χ1v) is 15.3. The highest BCUT2D eigenvalue weighted by atomic mass is 19.1. The van der Waals surface area contributed by atoms with Gasteiger partial charge in [-0.25, -0.2) is 8.78 Å². The van der Waals surface area contributed by atoms with Crippen molar-refractivity contribution in [3.05, 3.63) is 137 Å². The Balaban J connectivity index is 1.36. The first-order valence-electron chi connectivity index (χ1n) is 15.3. The van der Waals surface area contributed by atoms with E-state index in [0.717, 1.165) is 62.8 Å². The highest BCUT2D eigenvalue weighted by Crippen LogP contribution is 2.58. The van der Waals surface area contributed by atoms with Crippen LogP contribution in [-0.2, 0) is 11.0 Å². The molecule has 0 spiro atoms. The minimum absolute atomic E-state index is 0.258. The number of ether oxygens (including phenoxy) is 1. The lowest BCUT2D eigenvalue weighted by Gasteiger charge is -2.38. The van der Waals surface area contributed by atoms with E-state index in [4.69, 9.17) is 4.74 Å². The van der Waals surface area contributed by atoms with Crippen LogP contribution in [0.5, 0.6) is 5.75 Å². The quantitative estimate of drug-likeness (QED) is 0.214. The molecule has 1 unspecified atom stereocenters. The summed E-state index contributed by atoms with van der Waals surface area (Å²) in [5.41, 5.74) is 6.80. The second-order valence-electron chi connectivity index (χ2n) is 12.6. The summed E-state index contributed by atoms with van der Waals surface area (Å²) in [6.07, 6.45) is 8.03. The number of anilines is 1. The maximum absolute atomic E-state index is 15.0. The van der Waals surface area contributed by atoms with Gasteiger partial charge in [-0.05, 0) is 89.4 Å². The van der Waals surface area contributed by atoms with E-state index >= 15 is 0 Å². The summed E-state index contributed by atoms with van der Waals surface area (Å²) in [5.74, 6) is 0.0772. The van der Waals surface area contributed by atoms with E-state index in [2.05, 4.69) is 67.3 Å². The molecule has 4 heteroatoms. The lowest BCUT2D eigenvalue weighted by atomic mass is 9.77. The van der Waals surface area contributed by atoms with Crippen molar-refractivity contribution < 1.29 is 13.5 Å². The van der Waals surface area contributed by atoms with Gasteiger partial charge in [0.2, 0.25) is 0 Å². The second-order valence-corrected chi connectivity index (χ2v) is 12.6. The van der Waals surface area contributed by atoms with Crippen LogP contribution in [0.1, 0.15) is 60.9 Å². The third kappa shape index (κ3) is 3.89. The summed E-state index contributed by atoms with van der Waals surface area (Å²) >= 11 is 0. The SMILES string of the molecule is CC1(C)c2cc(F)ccc2-c2c1c1c(c3cc(F)ccc23)OC(c2ccccc2)(c2ccc(N3CCCCC3)cc2)C=C1. The predicted octanol–water partition coefficient (Wildman–Crippen LogP) is 9.76. The van der Waals surface area contributed by atoms with Gasteiger partial charge in [0.15, 0.2) is 5.60 Å². The van der Waals surface area contributed by atoms with Crippen LogP contribution in [0.25, 0.3) is 28.0 Å². The molecule has 0 saturated carbocycles. The third-order valence-electron chi connectivity index (χ3n) is 9.78. The molecule has 2 aliphatic heterocycles. The van der Waals surface area contributed by atoms with Gasteiger partial charge < -0.3 is 9.64 Å². The number of hydrogen-bond acceptors (Lipinski definition) is 2. The first kappa shape index (κ1) is 26.2. The Morgan fingerprint density at radius 3 is 2.19 bits per heavy atom. The van der Waals surface area contributed by atoms with E-state index in [1.165, 1.54) is 37.1 Å². The van der Waals surface area contributed by atoms with Crippen LogP contribution in [-0.4, -0.2) is 13.1 Å². The smallest absolute Gasteiger partial charge is 0.178 e. The zero-order valence-corrected chi connectivity index (χ0v) is 24.5. The van der Waals surface area contributed by atoms with Crippen LogP contribution in [0.4, 0.5) is 14.5 Å². The molecule has 0 amide bonds. The minimum Gasteiger partial charge on any atom is -0.472 e. The van der Waals surface area contributed by atoms with E-state index in [1.54, 1.807) is 12.1 Å². The number of nitrogens with zero attached hydrogens (tertiary/aromatic N) is 1. The van der Waals surface area contributed by atoms with Crippen molar-refractivity contribution >= 4 is 22.5 Å². The van der Waals surface area contributed by atoms with Gasteiger partial charge in [-0.2, -0.15) is 0 Å². The summed E-state index contributed by atoms with van der Waals surface area (Å²) in [7, 11) is 0. The lowest BCUT2D eigenvalue weighted by Crippen LogP contribution is -2.35. The Morgan fingerprint density at radius 1 is 0.721 bits per heavy atom. The summed E-state index contributed by atoms with van der Waals surface area (Å²) in [6.45, 7) is 6.44. The van der Waals surface area contributed by atoms with Gasteiger partial charge in [0.1, 0.15) is 17.4 Å². The van der Waals surface area contributed by atoms with Crippen LogP contribution in [0.3, 0.4) is 0 Å². The Kier molecular flexibility index (Phi) is 5.81. The molecule has 1 atom stereocenters. The number of fused-ring (bicyclic) bond motifs is 8. The van der Waals surface area contributed by atoms with Crippen LogP contribution in [0.15, 0.2) is 97.1 Å². The molecule has 5 aromatic rings. The number of halogens is 2. The maximum Gasteiger partial charge on any atom is 0.178 e. The molecule has 43 heavy (non-hydrogen) atoms. The van der Waals surface area contributed by atoms with Crippen LogP contribution in [0.2, 0.25) is 0 Å². The summed E-state index contributed by atoms with van der Waals surface area (Å²) < 4.78 is 36.8. The number of hydrogen-bond donors (Lipinski definition) is 0. The molecular weight excluding hydrogens is 536 g/mol. The van der Waals surface area contributed by atoms with E-state index < -0.39 is 11.0 Å².